The Bertz CT molecular complexity index is 566. The van der Waals surface area contributed by atoms with Crippen LogP contribution in [0, 0.1) is 0 Å². The van der Waals surface area contributed by atoms with Gasteiger partial charge in [0.15, 0.2) is 0 Å². The van der Waals surface area contributed by atoms with Gasteiger partial charge in [0.05, 0.1) is 12.0 Å². The van der Waals surface area contributed by atoms with Crippen molar-refractivity contribution >= 4 is 17.6 Å². The number of benzene rings is 1. The van der Waals surface area contributed by atoms with Gasteiger partial charge in [-0.3, -0.25) is 9.59 Å². The lowest BCUT2D eigenvalue weighted by Crippen LogP contribution is -2.49. The molecule has 1 N–H and O–H groups in total. The Morgan fingerprint density at radius 3 is 2.55 bits per heavy atom. The number of piperazine rings is 1. The van der Waals surface area contributed by atoms with Crippen LogP contribution in [0.1, 0.15) is 18.4 Å². The largest absolute Gasteiger partial charge is 0.481 e. The van der Waals surface area contributed by atoms with E-state index in [4.69, 9.17) is 0 Å². The second kappa shape index (κ2) is 4.51. The van der Waals surface area contributed by atoms with Crippen LogP contribution in [0.15, 0.2) is 24.3 Å². The molecule has 0 aromatic heterocycles. The zero-order chi connectivity index (χ0) is 14.3. The Kier molecular flexibility index (Phi) is 2.92. The molecule has 3 rings (SSSR count). The van der Waals surface area contributed by atoms with Crippen molar-refractivity contribution in [1.82, 2.24) is 4.90 Å². The molecule has 5 heteroatoms. The second-order valence-corrected chi connectivity index (χ2v) is 5.64. The van der Waals surface area contributed by atoms with Gasteiger partial charge in [-0.15, -0.1) is 0 Å². The van der Waals surface area contributed by atoms with Gasteiger partial charge in [-0.2, -0.15) is 0 Å². The van der Waals surface area contributed by atoms with E-state index in [1.165, 1.54) is 0 Å². The summed E-state index contributed by atoms with van der Waals surface area (Å²) >= 11 is 0. The Labute approximate surface area is 117 Å². The van der Waals surface area contributed by atoms with Gasteiger partial charge in [-0.05, 0) is 24.5 Å². The molecule has 1 aromatic rings. The van der Waals surface area contributed by atoms with E-state index < -0.39 is 11.4 Å². The Morgan fingerprint density at radius 1 is 1.25 bits per heavy atom. The first-order valence-electron chi connectivity index (χ1n) is 6.86. The molecule has 0 spiro atoms. The molecule has 0 bridgehead atoms. The number of carboxylic acid groups (broad SMARTS) is 1. The van der Waals surface area contributed by atoms with Crippen molar-refractivity contribution < 1.29 is 14.7 Å². The zero-order valence-electron chi connectivity index (χ0n) is 11.5. The number of amides is 1. The number of anilines is 1. The Morgan fingerprint density at radius 2 is 1.95 bits per heavy atom. The number of carboxylic acids is 1. The average Bonchev–Trinajstić information content (AvgIpc) is 3.23. The normalized spacial score (nSPS) is 20.9. The fraction of sp³-hybridized carbons (Fsp3) is 0.467. The summed E-state index contributed by atoms with van der Waals surface area (Å²) in [6.07, 6.45) is 1.36. The third-order valence-electron chi connectivity index (χ3n) is 4.38. The number of hydrogen-bond acceptors (Lipinski definition) is 3. The highest BCUT2D eigenvalue weighted by atomic mass is 16.4. The van der Waals surface area contributed by atoms with Gasteiger partial charge < -0.3 is 14.9 Å². The van der Waals surface area contributed by atoms with Gasteiger partial charge in [0.25, 0.3) is 0 Å². The zero-order valence-corrected chi connectivity index (χ0v) is 11.5. The minimum Gasteiger partial charge on any atom is -0.481 e. The molecule has 20 heavy (non-hydrogen) atoms. The summed E-state index contributed by atoms with van der Waals surface area (Å²) in [5.41, 5.74) is 1.02. The molecule has 0 atom stereocenters. The molecule has 1 aromatic carbocycles. The molecule has 0 radical (unpaired) electrons. The molecule has 1 aliphatic carbocycles. The first-order valence-corrected chi connectivity index (χ1v) is 6.86. The van der Waals surface area contributed by atoms with E-state index in [-0.39, 0.29) is 5.91 Å². The van der Waals surface area contributed by atoms with Gasteiger partial charge in [-0.1, -0.05) is 18.2 Å². The third-order valence-corrected chi connectivity index (χ3v) is 4.38. The van der Waals surface area contributed by atoms with Crippen molar-refractivity contribution in [1.29, 1.82) is 0 Å². The fourth-order valence-electron chi connectivity index (χ4n) is 2.84. The van der Waals surface area contributed by atoms with Crippen LogP contribution in [0.2, 0.25) is 0 Å². The van der Waals surface area contributed by atoms with Crippen molar-refractivity contribution in [3.05, 3.63) is 29.8 Å². The van der Waals surface area contributed by atoms with Crippen molar-refractivity contribution in [2.75, 3.05) is 31.6 Å². The lowest BCUT2D eigenvalue weighted by molar-refractivity contribution is -0.140. The standard InChI is InChI=1S/C15H18N2O3/c1-16-8-9-17(10-13(16)18)12-5-3-2-4-11(12)15(6-7-15)14(19)20/h2-5H,6-10H2,1H3,(H,19,20). The smallest absolute Gasteiger partial charge is 0.314 e. The maximum absolute atomic E-state index is 11.9. The van der Waals surface area contributed by atoms with Crippen LogP contribution in [0.3, 0.4) is 0 Å². The second-order valence-electron chi connectivity index (χ2n) is 5.64. The monoisotopic (exact) mass is 274 g/mol. The first kappa shape index (κ1) is 13.0. The summed E-state index contributed by atoms with van der Waals surface area (Å²) in [4.78, 5) is 27.1. The van der Waals surface area contributed by atoms with Gasteiger partial charge in [-0.25, -0.2) is 0 Å². The van der Waals surface area contributed by atoms with Crippen molar-refractivity contribution in [3.63, 3.8) is 0 Å². The van der Waals surface area contributed by atoms with Crippen LogP contribution in [-0.2, 0) is 15.0 Å². The van der Waals surface area contributed by atoms with Gasteiger partial charge in [0, 0.05) is 25.8 Å². The van der Waals surface area contributed by atoms with Crippen LogP contribution in [0.25, 0.3) is 0 Å². The maximum atomic E-state index is 11.9. The maximum Gasteiger partial charge on any atom is 0.314 e. The molecule has 0 unspecified atom stereocenters. The molecule has 1 saturated carbocycles. The lowest BCUT2D eigenvalue weighted by atomic mass is 9.93. The number of para-hydroxylation sites is 1. The van der Waals surface area contributed by atoms with Crippen molar-refractivity contribution in [2.24, 2.45) is 0 Å². The minimum absolute atomic E-state index is 0.0752. The van der Waals surface area contributed by atoms with E-state index in [0.717, 1.165) is 17.8 Å². The van der Waals surface area contributed by atoms with E-state index >= 15 is 0 Å². The molecule has 2 fully saturated rings. The van der Waals surface area contributed by atoms with Crippen LogP contribution in [0.5, 0.6) is 0 Å². The highest BCUT2D eigenvalue weighted by molar-refractivity contribution is 5.89. The predicted molar refractivity (Wildman–Crippen MR) is 74.8 cm³/mol. The van der Waals surface area contributed by atoms with Gasteiger partial charge >= 0.3 is 5.97 Å². The summed E-state index contributed by atoms with van der Waals surface area (Å²) < 4.78 is 0. The number of nitrogens with zero attached hydrogens (tertiary/aromatic N) is 2. The van der Waals surface area contributed by atoms with E-state index in [1.807, 2.05) is 29.2 Å². The summed E-state index contributed by atoms with van der Waals surface area (Å²) in [6, 6.07) is 7.59. The van der Waals surface area contributed by atoms with Gasteiger partial charge in [0.2, 0.25) is 5.91 Å². The fourth-order valence-corrected chi connectivity index (χ4v) is 2.84. The van der Waals surface area contributed by atoms with Gasteiger partial charge in [0.1, 0.15) is 0 Å². The Hall–Kier alpha value is -2.04. The molecule has 1 aliphatic heterocycles. The summed E-state index contributed by atoms with van der Waals surface area (Å²) in [6.45, 7) is 1.74. The number of carbonyl (C=O) groups is 2. The van der Waals surface area contributed by atoms with E-state index in [9.17, 15) is 14.7 Å². The highest BCUT2D eigenvalue weighted by Gasteiger charge is 2.53. The van der Waals surface area contributed by atoms with Crippen molar-refractivity contribution in [3.8, 4) is 0 Å². The number of aliphatic carboxylic acids is 1. The predicted octanol–water partition coefficient (Wildman–Crippen LogP) is 1.08. The van der Waals surface area contributed by atoms with Crippen LogP contribution < -0.4 is 4.90 Å². The van der Waals surface area contributed by atoms with Crippen LogP contribution in [0.4, 0.5) is 5.69 Å². The summed E-state index contributed by atoms with van der Waals surface area (Å²) in [7, 11) is 1.80. The quantitative estimate of drug-likeness (QED) is 0.896. The van der Waals surface area contributed by atoms with Crippen LogP contribution >= 0.6 is 0 Å². The lowest BCUT2D eigenvalue weighted by Gasteiger charge is -2.35. The molecule has 2 aliphatic rings. The van der Waals surface area contributed by atoms with Crippen molar-refractivity contribution in [2.45, 2.75) is 18.3 Å². The molecule has 1 heterocycles. The molecular weight excluding hydrogens is 256 g/mol. The number of rotatable bonds is 3. The average molecular weight is 274 g/mol. The third kappa shape index (κ3) is 1.94. The number of hydrogen-bond donors (Lipinski definition) is 1. The summed E-state index contributed by atoms with van der Waals surface area (Å²) in [5, 5.41) is 9.48. The first-order chi connectivity index (χ1) is 9.54. The SMILES string of the molecule is CN1CCN(c2ccccc2C2(C(=O)O)CC2)CC1=O. The van der Waals surface area contributed by atoms with E-state index in [1.54, 1.807) is 11.9 Å². The summed E-state index contributed by atoms with van der Waals surface area (Å²) in [5.74, 6) is -0.684. The topological polar surface area (TPSA) is 60.9 Å². The molecular formula is C15H18N2O3. The number of carbonyl (C=O) groups excluding carboxylic acids is 1. The highest BCUT2D eigenvalue weighted by Crippen LogP contribution is 2.51. The Balaban J connectivity index is 1.95. The molecule has 1 amide bonds. The number of likely N-dealkylation sites (N-methyl/N-ethyl adjacent to an activating group) is 1. The molecule has 5 nitrogen and oxygen atoms in total. The van der Waals surface area contributed by atoms with E-state index in [0.29, 0.717) is 25.9 Å². The minimum atomic E-state index is -0.759. The molecule has 106 valence electrons. The van der Waals surface area contributed by atoms with Crippen LogP contribution in [-0.4, -0.2) is 48.6 Å². The van der Waals surface area contributed by atoms with E-state index in [2.05, 4.69) is 0 Å². The molecule has 1 saturated heterocycles.